The van der Waals surface area contributed by atoms with Gasteiger partial charge in [0.2, 0.25) is 0 Å². The SMILES string of the molecule is O=[14C](O)C[14C](=O)O. The van der Waals surface area contributed by atoms with Crippen molar-refractivity contribution in [3.05, 3.63) is 0 Å². The number of hydrogen-bond donors (Lipinski definition) is 2. The van der Waals surface area contributed by atoms with Gasteiger partial charge >= 0.3 is 11.9 Å². The van der Waals surface area contributed by atoms with Crippen LogP contribution in [-0.4, -0.2) is 22.2 Å². The van der Waals surface area contributed by atoms with Crippen LogP contribution in [0.15, 0.2) is 0 Å². The highest BCUT2D eigenvalue weighted by Crippen LogP contribution is 1.74. The molecule has 2 N–H and O–H groups in total. The van der Waals surface area contributed by atoms with E-state index in [4.69, 9.17) is 10.2 Å². The molecule has 0 aromatic carbocycles. The Balaban J connectivity index is 3.32. The number of hydrogen-bond acceptors (Lipinski definition) is 2. The van der Waals surface area contributed by atoms with Crippen molar-refractivity contribution in [3.63, 3.8) is 0 Å². The second kappa shape index (κ2) is 2.17. The lowest BCUT2D eigenvalue weighted by Gasteiger charge is -1.80. The lowest BCUT2D eigenvalue weighted by molar-refractivity contribution is -0.147. The van der Waals surface area contributed by atoms with Crippen LogP contribution in [-0.2, 0) is 9.59 Å². The van der Waals surface area contributed by atoms with Gasteiger partial charge < -0.3 is 10.2 Å². The number of carboxylic acids is 2. The van der Waals surface area contributed by atoms with Gasteiger partial charge in [0.25, 0.3) is 0 Å². The molecule has 0 aliphatic carbocycles. The van der Waals surface area contributed by atoms with E-state index in [-0.39, 0.29) is 0 Å². The van der Waals surface area contributed by atoms with Gasteiger partial charge in [-0.05, 0) is 0 Å². The molecule has 0 radical (unpaired) electrons. The van der Waals surface area contributed by atoms with Crippen LogP contribution < -0.4 is 0 Å². The quantitative estimate of drug-likeness (QED) is 0.469. The van der Waals surface area contributed by atoms with Crippen molar-refractivity contribution in [2.45, 2.75) is 6.42 Å². The van der Waals surface area contributed by atoms with E-state index in [2.05, 4.69) is 0 Å². The highest BCUT2D eigenvalue weighted by atomic mass is 16.7. The summed E-state index contributed by atoms with van der Waals surface area (Å²) < 4.78 is 0. The zero-order valence-corrected chi connectivity index (χ0v) is 3.42. The fraction of sp³-hybridized carbons (Fsp3) is 0.333. The van der Waals surface area contributed by atoms with Crippen molar-refractivity contribution in [1.29, 1.82) is 0 Å². The van der Waals surface area contributed by atoms with E-state index in [1.54, 1.807) is 0 Å². The Morgan fingerprint density at radius 1 is 1.14 bits per heavy atom. The first-order valence-corrected chi connectivity index (χ1v) is 1.56. The molecule has 0 spiro atoms. The van der Waals surface area contributed by atoms with Gasteiger partial charge in [-0.2, -0.15) is 0 Å². The summed E-state index contributed by atoms with van der Waals surface area (Å²) in [5.74, 6) is -2.62. The maximum Gasteiger partial charge on any atom is 0.314 e. The molecule has 0 saturated heterocycles. The van der Waals surface area contributed by atoms with Crippen LogP contribution in [0.5, 0.6) is 0 Å². The fourth-order valence-corrected chi connectivity index (χ4v) is 0.129. The summed E-state index contributed by atoms with van der Waals surface area (Å²) in [5, 5.41) is 15.4. The maximum atomic E-state index is 9.43. The van der Waals surface area contributed by atoms with Crippen LogP contribution in [0, 0.1) is 0 Å². The summed E-state index contributed by atoms with van der Waals surface area (Å²) in [7, 11) is 0. The van der Waals surface area contributed by atoms with Crippen LogP contribution in [0.2, 0.25) is 0 Å². The molecule has 0 rings (SSSR count). The first kappa shape index (κ1) is 5.94. The highest BCUT2D eigenvalue weighted by Gasteiger charge is 2.01. The van der Waals surface area contributed by atoms with Crippen molar-refractivity contribution in [2.75, 3.05) is 0 Å². The molecule has 0 aromatic rings. The van der Waals surface area contributed by atoms with E-state index in [1.165, 1.54) is 0 Å². The summed E-state index contributed by atoms with van der Waals surface area (Å²) >= 11 is 0. The van der Waals surface area contributed by atoms with Crippen molar-refractivity contribution in [1.82, 2.24) is 0 Å². The Bertz CT molecular complexity index is 83.1. The summed E-state index contributed by atoms with van der Waals surface area (Å²) in [6.45, 7) is 0. The standard InChI is InChI=1S/C3H4O4/c4-2(5)1-3(6)7/h1H2,(H,4,5)(H,6,7)/i2+2,3+2. The molecule has 0 atom stereocenters. The van der Waals surface area contributed by atoms with Crippen LogP contribution in [0.3, 0.4) is 0 Å². The summed E-state index contributed by atoms with van der Waals surface area (Å²) in [5.41, 5.74) is 0. The molecule has 0 aliphatic rings. The van der Waals surface area contributed by atoms with Gasteiger partial charge in [-0.1, -0.05) is 0 Å². The Morgan fingerprint density at radius 2 is 1.43 bits per heavy atom. The van der Waals surface area contributed by atoms with Gasteiger partial charge in [0.1, 0.15) is 6.42 Å². The van der Waals surface area contributed by atoms with Gasteiger partial charge in [0, 0.05) is 0 Å². The minimum Gasteiger partial charge on any atom is -0.481 e. The molecule has 0 saturated carbocycles. The predicted octanol–water partition coefficient (Wildman–Crippen LogP) is -0.454. The smallest absolute Gasteiger partial charge is 0.314 e. The van der Waals surface area contributed by atoms with Crippen LogP contribution in [0.4, 0.5) is 0 Å². The number of rotatable bonds is 2. The van der Waals surface area contributed by atoms with E-state index in [9.17, 15) is 9.59 Å². The fourth-order valence-electron chi connectivity index (χ4n) is 0.129. The number of aliphatic carboxylic acids is 2. The average molecular weight is 108 g/mol. The molecule has 0 aliphatic heterocycles. The first-order valence-electron chi connectivity index (χ1n) is 1.56. The monoisotopic (exact) mass is 108 g/mol. The minimum absolute atomic E-state index is 0.806. The molecule has 7 heavy (non-hydrogen) atoms. The molecule has 0 bridgehead atoms. The van der Waals surface area contributed by atoms with Gasteiger partial charge in [0.15, 0.2) is 0 Å². The van der Waals surface area contributed by atoms with Crippen LogP contribution in [0.1, 0.15) is 6.42 Å². The van der Waals surface area contributed by atoms with E-state index in [0.29, 0.717) is 0 Å². The third kappa shape index (κ3) is 4.94. The summed E-state index contributed by atoms with van der Waals surface area (Å²) in [6, 6.07) is 0. The topological polar surface area (TPSA) is 74.6 Å². The normalized spacial score (nSPS) is 8.00. The molecule has 4 nitrogen and oxygen atoms in total. The third-order valence-electron chi connectivity index (χ3n) is 0.302. The lowest BCUT2D eigenvalue weighted by atomic mass is 11.2. The van der Waals surface area contributed by atoms with E-state index in [1.807, 2.05) is 0 Å². The highest BCUT2D eigenvalue weighted by molar-refractivity contribution is 5.88. The molecular weight excluding hydrogens is 104 g/mol. The second-order valence-electron chi connectivity index (χ2n) is 0.964. The lowest BCUT2D eigenvalue weighted by Crippen LogP contribution is -2.03. The predicted molar refractivity (Wildman–Crippen MR) is 19.9 cm³/mol. The van der Waals surface area contributed by atoms with Crippen molar-refractivity contribution in [3.8, 4) is 0 Å². The van der Waals surface area contributed by atoms with Crippen molar-refractivity contribution in [2.24, 2.45) is 0 Å². The van der Waals surface area contributed by atoms with Crippen LogP contribution >= 0.6 is 0 Å². The minimum atomic E-state index is -1.31. The largest absolute Gasteiger partial charge is 0.481 e. The Morgan fingerprint density at radius 3 is 1.43 bits per heavy atom. The molecule has 40 valence electrons. The second-order valence-corrected chi connectivity index (χ2v) is 0.964. The molecule has 0 fully saturated rings. The van der Waals surface area contributed by atoms with Gasteiger partial charge in [0.05, 0.1) is 0 Å². The average Bonchev–Trinajstić information content (AvgIpc) is 1.27. The zero-order valence-electron chi connectivity index (χ0n) is 3.42. The molecule has 0 aromatic heterocycles. The Hall–Kier alpha value is -1.06. The van der Waals surface area contributed by atoms with Crippen molar-refractivity contribution >= 4 is 11.9 Å². The van der Waals surface area contributed by atoms with Crippen molar-refractivity contribution < 1.29 is 19.8 Å². The molecular formula is C3H4O4. The third-order valence-corrected chi connectivity index (χ3v) is 0.302. The molecule has 0 unspecified atom stereocenters. The van der Waals surface area contributed by atoms with Crippen LogP contribution in [0.25, 0.3) is 0 Å². The zero-order chi connectivity index (χ0) is 5.86. The van der Waals surface area contributed by atoms with E-state index < -0.39 is 18.4 Å². The molecule has 0 amide bonds. The first-order chi connectivity index (χ1) is 3.13. The summed E-state index contributed by atoms with van der Waals surface area (Å²) in [6.07, 6.45) is -0.806. The Labute approximate surface area is 39.4 Å². The summed E-state index contributed by atoms with van der Waals surface area (Å²) in [4.78, 5) is 18.9. The maximum absolute atomic E-state index is 9.43. The number of carboxylic acid groups (broad SMARTS) is 2. The van der Waals surface area contributed by atoms with Gasteiger partial charge in [-0.15, -0.1) is 0 Å². The van der Waals surface area contributed by atoms with Gasteiger partial charge in [-0.3, -0.25) is 9.59 Å². The van der Waals surface area contributed by atoms with E-state index in [0.717, 1.165) is 0 Å². The molecule has 0 heterocycles. The number of carbonyl (C=O) groups is 2. The Kier molecular flexibility index (Phi) is 1.84. The molecule has 4 heteroatoms. The van der Waals surface area contributed by atoms with Gasteiger partial charge in [-0.25, -0.2) is 0 Å². The van der Waals surface area contributed by atoms with E-state index >= 15 is 0 Å².